The van der Waals surface area contributed by atoms with Crippen LogP contribution in [0.3, 0.4) is 0 Å². The Bertz CT molecular complexity index is 333. The standard InChI is InChI=1S/C10H18N4/c1-5(2)6(3)8-7(4)9(11)13-14-10(8)12/h5-6H,1-4H3,(H2,11,13)(H2,12,14). The molecule has 1 atom stereocenters. The SMILES string of the molecule is Cc1c(N)nnc(N)c1C(C)C(C)C. The molecule has 0 radical (unpaired) electrons. The Morgan fingerprint density at radius 1 is 1.00 bits per heavy atom. The normalized spacial score (nSPS) is 13.2. The van der Waals surface area contributed by atoms with Crippen molar-refractivity contribution in [1.29, 1.82) is 0 Å². The van der Waals surface area contributed by atoms with Crippen molar-refractivity contribution in [1.82, 2.24) is 10.2 Å². The van der Waals surface area contributed by atoms with Crippen molar-refractivity contribution in [2.75, 3.05) is 11.5 Å². The van der Waals surface area contributed by atoms with Gasteiger partial charge in [-0.15, -0.1) is 10.2 Å². The van der Waals surface area contributed by atoms with Crippen LogP contribution in [0.25, 0.3) is 0 Å². The van der Waals surface area contributed by atoms with Gasteiger partial charge in [0.25, 0.3) is 0 Å². The van der Waals surface area contributed by atoms with E-state index in [1.807, 2.05) is 6.92 Å². The third-order valence-corrected chi connectivity index (χ3v) is 2.78. The summed E-state index contributed by atoms with van der Waals surface area (Å²) in [6.45, 7) is 8.37. The van der Waals surface area contributed by atoms with Gasteiger partial charge in [-0.3, -0.25) is 0 Å². The van der Waals surface area contributed by atoms with Crippen molar-refractivity contribution in [2.24, 2.45) is 5.92 Å². The number of hydrogen-bond acceptors (Lipinski definition) is 4. The summed E-state index contributed by atoms with van der Waals surface area (Å²) in [5, 5.41) is 7.63. The number of nitrogens with zero attached hydrogens (tertiary/aromatic N) is 2. The quantitative estimate of drug-likeness (QED) is 0.751. The van der Waals surface area contributed by atoms with Crippen LogP contribution in [0.15, 0.2) is 0 Å². The highest BCUT2D eigenvalue weighted by atomic mass is 15.2. The minimum atomic E-state index is 0.354. The fraction of sp³-hybridized carbons (Fsp3) is 0.600. The van der Waals surface area contributed by atoms with Gasteiger partial charge in [-0.25, -0.2) is 0 Å². The molecule has 0 spiro atoms. The maximum Gasteiger partial charge on any atom is 0.149 e. The Balaban J connectivity index is 3.25. The van der Waals surface area contributed by atoms with Gasteiger partial charge in [0.2, 0.25) is 0 Å². The van der Waals surface area contributed by atoms with Crippen LogP contribution in [0.1, 0.15) is 37.8 Å². The summed E-state index contributed by atoms with van der Waals surface area (Å²) in [6.07, 6.45) is 0. The zero-order valence-corrected chi connectivity index (χ0v) is 9.20. The maximum absolute atomic E-state index is 5.80. The Hall–Kier alpha value is -1.32. The average molecular weight is 194 g/mol. The summed E-state index contributed by atoms with van der Waals surface area (Å²) in [5.74, 6) is 1.84. The molecule has 1 aromatic rings. The fourth-order valence-corrected chi connectivity index (χ4v) is 1.47. The van der Waals surface area contributed by atoms with Gasteiger partial charge >= 0.3 is 0 Å². The molecule has 78 valence electrons. The first-order valence-corrected chi connectivity index (χ1v) is 4.83. The smallest absolute Gasteiger partial charge is 0.149 e. The highest BCUT2D eigenvalue weighted by molar-refractivity contribution is 5.53. The van der Waals surface area contributed by atoms with Crippen LogP contribution in [0.4, 0.5) is 11.6 Å². The van der Waals surface area contributed by atoms with Crippen LogP contribution in [0.2, 0.25) is 0 Å². The minimum Gasteiger partial charge on any atom is -0.382 e. The lowest BCUT2D eigenvalue weighted by atomic mass is 9.88. The van der Waals surface area contributed by atoms with Gasteiger partial charge in [-0.2, -0.15) is 0 Å². The first-order valence-electron chi connectivity index (χ1n) is 4.83. The lowest BCUT2D eigenvalue weighted by Crippen LogP contribution is -2.12. The highest BCUT2D eigenvalue weighted by Gasteiger charge is 2.18. The van der Waals surface area contributed by atoms with E-state index in [9.17, 15) is 0 Å². The molecule has 1 heterocycles. The Labute approximate surface area is 84.7 Å². The number of hydrogen-bond donors (Lipinski definition) is 2. The fourth-order valence-electron chi connectivity index (χ4n) is 1.47. The largest absolute Gasteiger partial charge is 0.382 e. The predicted octanol–water partition coefficient (Wildman–Crippen LogP) is 1.71. The van der Waals surface area contributed by atoms with Gasteiger partial charge in [-0.05, 0) is 18.8 Å². The molecule has 4 heteroatoms. The molecule has 0 fully saturated rings. The van der Waals surface area contributed by atoms with Crippen molar-refractivity contribution in [3.8, 4) is 0 Å². The lowest BCUT2D eigenvalue weighted by molar-refractivity contribution is 0.532. The van der Waals surface area contributed by atoms with Crippen molar-refractivity contribution in [3.05, 3.63) is 11.1 Å². The number of nitrogens with two attached hydrogens (primary N) is 2. The summed E-state index contributed by atoms with van der Waals surface area (Å²) < 4.78 is 0. The van der Waals surface area contributed by atoms with E-state index in [0.29, 0.717) is 23.5 Å². The van der Waals surface area contributed by atoms with E-state index in [1.54, 1.807) is 0 Å². The first kappa shape index (κ1) is 10.8. The number of aromatic nitrogens is 2. The molecule has 0 bridgehead atoms. The molecule has 0 saturated heterocycles. The summed E-state index contributed by atoms with van der Waals surface area (Å²) >= 11 is 0. The van der Waals surface area contributed by atoms with Crippen molar-refractivity contribution in [2.45, 2.75) is 33.6 Å². The minimum absolute atomic E-state index is 0.354. The van der Waals surface area contributed by atoms with Crippen LogP contribution in [-0.2, 0) is 0 Å². The summed E-state index contributed by atoms with van der Waals surface area (Å²) in [4.78, 5) is 0. The van der Waals surface area contributed by atoms with E-state index in [2.05, 4.69) is 31.0 Å². The molecule has 0 aliphatic rings. The third-order valence-electron chi connectivity index (χ3n) is 2.78. The van der Waals surface area contributed by atoms with Crippen LogP contribution in [0.5, 0.6) is 0 Å². The Morgan fingerprint density at radius 2 is 1.50 bits per heavy atom. The number of anilines is 2. The maximum atomic E-state index is 5.80. The molecule has 14 heavy (non-hydrogen) atoms. The zero-order chi connectivity index (χ0) is 10.9. The second-order valence-electron chi connectivity index (χ2n) is 4.04. The Morgan fingerprint density at radius 3 is 2.00 bits per heavy atom. The van der Waals surface area contributed by atoms with E-state index in [1.165, 1.54) is 0 Å². The van der Waals surface area contributed by atoms with Gasteiger partial charge in [0.15, 0.2) is 0 Å². The van der Waals surface area contributed by atoms with E-state index in [4.69, 9.17) is 11.5 Å². The number of nitrogen functional groups attached to an aromatic ring is 2. The van der Waals surface area contributed by atoms with Gasteiger partial charge in [0.1, 0.15) is 11.6 Å². The molecule has 4 nitrogen and oxygen atoms in total. The molecule has 0 aromatic carbocycles. The summed E-state index contributed by atoms with van der Waals surface area (Å²) in [7, 11) is 0. The van der Waals surface area contributed by atoms with Crippen LogP contribution in [-0.4, -0.2) is 10.2 Å². The monoisotopic (exact) mass is 194 g/mol. The van der Waals surface area contributed by atoms with Gasteiger partial charge in [0.05, 0.1) is 0 Å². The molecule has 4 N–H and O–H groups in total. The van der Waals surface area contributed by atoms with E-state index < -0.39 is 0 Å². The summed E-state index contributed by atoms with van der Waals surface area (Å²) in [5.41, 5.74) is 13.5. The summed E-state index contributed by atoms with van der Waals surface area (Å²) in [6, 6.07) is 0. The van der Waals surface area contributed by atoms with Crippen LogP contribution < -0.4 is 11.5 Å². The van der Waals surface area contributed by atoms with E-state index in [0.717, 1.165) is 11.1 Å². The Kier molecular flexibility index (Phi) is 2.93. The highest BCUT2D eigenvalue weighted by Crippen LogP contribution is 2.31. The van der Waals surface area contributed by atoms with Crippen molar-refractivity contribution >= 4 is 11.6 Å². The van der Waals surface area contributed by atoms with Gasteiger partial charge < -0.3 is 11.5 Å². The van der Waals surface area contributed by atoms with Crippen molar-refractivity contribution < 1.29 is 0 Å². The second kappa shape index (κ2) is 3.82. The molecule has 1 aromatic heterocycles. The number of rotatable bonds is 2. The molecule has 1 rings (SSSR count). The zero-order valence-electron chi connectivity index (χ0n) is 9.20. The van der Waals surface area contributed by atoms with Gasteiger partial charge in [-0.1, -0.05) is 20.8 Å². The molecule has 0 aliphatic heterocycles. The predicted molar refractivity (Wildman–Crippen MR) is 58.8 cm³/mol. The molecule has 1 unspecified atom stereocenters. The molecular weight excluding hydrogens is 176 g/mol. The van der Waals surface area contributed by atoms with Crippen LogP contribution in [0, 0.1) is 12.8 Å². The molecular formula is C10H18N4. The van der Waals surface area contributed by atoms with Crippen molar-refractivity contribution in [3.63, 3.8) is 0 Å². The van der Waals surface area contributed by atoms with Crippen LogP contribution >= 0.6 is 0 Å². The average Bonchev–Trinajstić information content (AvgIpc) is 2.12. The molecule has 0 saturated carbocycles. The van der Waals surface area contributed by atoms with Gasteiger partial charge in [0, 0.05) is 11.1 Å². The topological polar surface area (TPSA) is 77.8 Å². The molecule has 0 amide bonds. The first-order chi connectivity index (χ1) is 6.45. The third kappa shape index (κ3) is 1.78. The molecule has 0 aliphatic carbocycles. The lowest BCUT2D eigenvalue weighted by Gasteiger charge is -2.19. The van der Waals surface area contributed by atoms with E-state index >= 15 is 0 Å². The van der Waals surface area contributed by atoms with E-state index in [-0.39, 0.29) is 0 Å². The second-order valence-corrected chi connectivity index (χ2v) is 4.04.